The van der Waals surface area contributed by atoms with E-state index >= 15 is 0 Å². The predicted molar refractivity (Wildman–Crippen MR) is 72.4 cm³/mol. The molecule has 1 unspecified atom stereocenters. The van der Waals surface area contributed by atoms with Gasteiger partial charge in [0.2, 0.25) is 0 Å². The molecule has 5 nitrogen and oxygen atoms in total. The topological polar surface area (TPSA) is 72.8 Å². The van der Waals surface area contributed by atoms with Crippen molar-refractivity contribution in [2.24, 2.45) is 0 Å². The highest BCUT2D eigenvalue weighted by molar-refractivity contribution is 5.95. The summed E-state index contributed by atoms with van der Waals surface area (Å²) in [6.07, 6.45) is 2.04. The number of rotatable bonds is 3. The Kier molecular flexibility index (Phi) is 4.27. The molecule has 1 aliphatic heterocycles. The van der Waals surface area contributed by atoms with Gasteiger partial charge >= 0.3 is 0 Å². The average Bonchev–Trinajstić information content (AvgIpc) is 2.39. The summed E-state index contributed by atoms with van der Waals surface area (Å²) < 4.78 is 0. The van der Waals surface area contributed by atoms with Crippen LogP contribution in [0.15, 0.2) is 18.2 Å². The van der Waals surface area contributed by atoms with Crippen LogP contribution in [0.2, 0.25) is 0 Å². The van der Waals surface area contributed by atoms with Crippen LogP contribution in [0, 0.1) is 0 Å². The third-order valence-electron chi connectivity index (χ3n) is 3.46. The normalized spacial score (nSPS) is 19.1. The van der Waals surface area contributed by atoms with Crippen LogP contribution in [0.4, 0.5) is 0 Å². The van der Waals surface area contributed by atoms with Crippen molar-refractivity contribution in [3.63, 3.8) is 0 Å². The lowest BCUT2D eigenvalue weighted by molar-refractivity contribution is 0.0661. The lowest BCUT2D eigenvalue weighted by Crippen LogP contribution is -2.48. The number of piperidine rings is 1. The Morgan fingerprint density at radius 3 is 2.58 bits per heavy atom. The number of likely N-dealkylation sites (N-methyl/N-ethyl adjacent to an activating group) is 1. The van der Waals surface area contributed by atoms with E-state index in [0.29, 0.717) is 12.1 Å². The Bertz CT molecular complexity index is 436. The SMILES string of the molecule is CCN(C(=O)c1cc(O)cc(O)c1)C1CCCNC1. The van der Waals surface area contributed by atoms with E-state index in [1.807, 2.05) is 6.92 Å². The summed E-state index contributed by atoms with van der Waals surface area (Å²) in [5, 5.41) is 22.2. The summed E-state index contributed by atoms with van der Waals surface area (Å²) in [5.41, 5.74) is 0.324. The molecule has 1 aliphatic rings. The number of phenols is 2. The van der Waals surface area contributed by atoms with Crippen LogP contribution in [-0.4, -0.2) is 46.7 Å². The van der Waals surface area contributed by atoms with Crippen molar-refractivity contribution in [3.05, 3.63) is 23.8 Å². The summed E-state index contributed by atoms with van der Waals surface area (Å²) in [5.74, 6) is -0.343. The minimum Gasteiger partial charge on any atom is -0.508 e. The molecule has 5 heteroatoms. The van der Waals surface area contributed by atoms with Crippen LogP contribution in [0.1, 0.15) is 30.1 Å². The maximum Gasteiger partial charge on any atom is 0.254 e. The predicted octanol–water partition coefficient (Wildman–Crippen LogP) is 1.31. The van der Waals surface area contributed by atoms with Crippen molar-refractivity contribution in [2.45, 2.75) is 25.8 Å². The van der Waals surface area contributed by atoms with E-state index in [4.69, 9.17) is 0 Å². The van der Waals surface area contributed by atoms with E-state index in [-0.39, 0.29) is 23.4 Å². The number of phenolic OH excluding ortho intramolecular Hbond substituents is 2. The van der Waals surface area contributed by atoms with E-state index in [1.54, 1.807) is 4.90 Å². The van der Waals surface area contributed by atoms with Crippen LogP contribution >= 0.6 is 0 Å². The molecule has 1 aromatic carbocycles. The number of benzene rings is 1. The Labute approximate surface area is 112 Å². The van der Waals surface area contributed by atoms with Gasteiger partial charge in [0.05, 0.1) is 0 Å². The van der Waals surface area contributed by atoms with Gasteiger partial charge in [0.25, 0.3) is 5.91 Å². The van der Waals surface area contributed by atoms with Crippen molar-refractivity contribution in [2.75, 3.05) is 19.6 Å². The van der Waals surface area contributed by atoms with Crippen molar-refractivity contribution >= 4 is 5.91 Å². The largest absolute Gasteiger partial charge is 0.508 e. The number of nitrogens with one attached hydrogen (secondary N) is 1. The zero-order valence-electron chi connectivity index (χ0n) is 11.1. The van der Waals surface area contributed by atoms with E-state index in [0.717, 1.165) is 25.9 Å². The van der Waals surface area contributed by atoms with Gasteiger partial charge < -0.3 is 20.4 Å². The third kappa shape index (κ3) is 3.17. The number of carbonyl (C=O) groups excluding carboxylic acids is 1. The van der Waals surface area contributed by atoms with E-state index < -0.39 is 0 Å². The van der Waals surface area contributed by atoms with Crippen molar-refractivity contribution in [1.29, 1.82) is 0 Å². The summed E-state index contributed by atoms with van der Waals surface area (Å²) >= 11 is 0. The fraction of sp³-hybridized carbons (Fsp3) is 0.500. The van der Waals surface area contributed by atoms with Crippen LogP contribution in [0.5, 0.6) is 11.5 Å². The molecule has 1 amide bonds. The van der Waals surface area contributed by atoms with E-state index in [9.17, 15) is 15.0 Å². The molecule has 0 spiro atoms. The van der Waals surface area contributed by atoms with Gasteiger partial charge in [0, 0.05) is 30.8 Å². The average molecular weight is 264 g/mol. The fourth-order valence-electron chi connectivity index (χ4n) is 2.55. The molecule has 1 heterocycles. The molecule has 2 rings (SSSR count). The molecule has 0 aromatic heterocycles. The Hall–Kier alpha value is -1.75. The van der Waals surface area contributed by atoms with Crippen LogP contribution in [-0.2, 0) is 0 Å². The first kappa shape index (κ1) is 13.7. The molecule has 0 bridgehead atoms. The van der Waals surface area contributed by atoms with Gasteiger partial charge in [-0.3, -0.25) is 4.79 Å². The smallest absolute Gasteiger partial charge is 0.254 e. The zero-order chi connectivity index (χ0) is 13.8. The second-order valence-corrected chi connectivity index (χ2v) is 4.83. The van der Waals surface area contributed by atoms with Gasteiger partial charge in [-0.1, -0.05) is 0 Å². The second kappa shape index (κ2) is 5.93. The highest BCUT2D eigenvalue weighted by Crippen LogP contribution is 2.23. The van der Waals surface area contributed by atoms with Crippen LogP contribution in [0.25, 0.3) is 0 Å². The number of carbonyl (C=O) groups is 1. The zero-order valence-corrected chi connectivity index (χ0v) is 11.1. The third-order valence-corrected chi connectivity index (χ3v) is 3.46. The van der Waals surface area contributed by atoms with Crippen molar-refractivity contribution in [3.8, 4) is 11.5 Å². The van der Waals surface area contributed by atoms with Gasteiger partial charge in [-0.15, -0.1) is 0 Å². The lowest BCUT2D eigenvalue weighted by atomic mass is 10.0. The number of hydrogen-bond donors (Lipinski definition) is 3. The maximum absolute atomic E-state index is 12.5. The quantitative estimate of drug-likeness (QED) is 0.769. The van der Waals surface area contributed by atoms with Crippen molar-refractivity contribution in [1.82, 2.24) is 10.2 Å². The summed E-state index contributed by atoms with van der Waals surface area (Å²) in [4.78, 5) is 14.2. The molecule has 1 saturated heterocycles. The monoisotopic (exact) mass is 264 g/mol. The van der Waals surface area contributed by atoms with Gasteiger partial charge in [-0.05, 0) is 38.4 Å². The highest BCUT2D eigenvalue weighted by Gasteiger charge is 2.25. The molecular formula is C14H20N2O3. The number of aromatic hydroxyl groups is 2. The summed E-state index contributed by atoms with van der Waals surface area (Å²) in [6.45, 7) is 4.34. The molecule has 1 aromatic rings. The van der Waals surface area contributed by atoms with E-state index in [2.05, 4.69) is 5.32 Å². The fourth-order valence-corrected chi connectivity index (χ4v) is 2.55. The molecule has 0 saturated carbocycles. The molecule has 1 fully saturated rings. The molecule has 3 N–H and O–H groups in total. The molecule has 104 valence electrons. The van der Waals surface area contributed by atoms with Gasteiger partial charge in [0.1, 0.15) is 11.5 Å². The van der Waals surface area contributed by atoms with Gasteiger partial charge in [-0.25, -0.2) is 0 Å². The summed E-state index contributed by atoms with van der Waals surface area (Å²) in [6, 6.07) is 4.17. The second-order valence-electron chi connectivity index (χ2n) is 4.83. The highest BCUT2D eigenvalue weighted by atomic mass is 16.3. The lowest BCUT2D eigenvalue weighted by Gasteiger charge is -2.34. The molecule has 0 radical (unpaired) electrons. The Morgan fingerprint density at radius 1 is 1.37 bits per heavy atom. The molecule has 0 aliphatic carbocycles. The molecule has 19 heavy (non-hydrogen) atoms. The number of amides is 1. The van der Waals surface area contributed by atoms with E-state index in [1.165, 1.54) is 18.2 Å². The first-order chi connectivity index (χ1) is 9.11. The maximum atomic E-state index is 12.5. The van der Waals surface area contributed by atoms with Gasteiger partial charge in [-0.2, -0.15) is 0 Å². The first-order valence-corrected chi connectivity index (χ1v) is 6.66. The first-order valence-electron chi connectivity index (χ1n) is 6.66. The summed E-state index contributed by atoms with van der Waals surface area (Å²) in [7, 11) is 0. The minimum absolute atomic E-state index is 0.0961. The molecular weight excluding hydrogens is 244 g/mol. The Balaban J connectivity index is 2.19. The van der Waals surface area contributed by atoms with Crippen LogP contribution < -0.4 is 5.32 Å². The molecule has 1 atom stereocenters. The van der Waals surface area contributed by atoms with Crippen molar-refractivity contribution < 1.29 is 15.0 Å². The number of hydrogen-bond acceptors (Lipinski definition) is 4. The minimum atomic E-state index is -0.151. The van der Waals surface area contributed by atoms with Crippen LogP contribution in [0.3, 0.4) is 0 Å². The van der Waals surface area contributed by atoms with Gasteiger partial charge in [0.15, 0.2) is 0 Å². The number of nitrogens with zero attached hydrogens (tertiary/aromatic N) is 1. The standard InChI is InChI=1S/C14H20N2O3/c1-2-16(11-4-3-5-15-9-11)14(19)10-6-12(17)8-13(18)7-10/h6-8,11,15,17-18H,2-5,9H2,1H3. The Morgan fingerprint density at radius 2 is 2.05 bits per heavy atom.